The molecule has 20 heavy (non-hydrogen) atoms. The van der Waals surface area contributed by atoms with Crippen molar-refractivity contribution in [2.24, 2.45) is 5.92 Å². The molecule has 0 N–H and O–H groups in total. The lowest BCUT2D eigenvalue weighted by Crippen LogP contribution is -2.42. The topological polar surface area (TPSA) is 59.8 Å². The fourth-order valence-electron chi connectivity index (χ4n) is 2.63. The van der Waals surface area contributed by atoms with E-state index >= 15 is 0 Å². The van der Waals surface area contributed by atoms with Gasteiger partial charge in [-0.05, 0) is 39.7 Å². The first kappa shape index (κ1) is 14.6. The molecule has 2 heterocycles. The van der Waals surface area contributed by atoms with Gasteiger partial charge in [0.15, 0.2) is 0 Å². The average molecular weight is 279 g/mol. The Balaban J connectivity index is 2.07. The molecule has 2 rings (SSSR count). The molecule has 0 aromatic carbocycles. The Morgan fingerprint density at radius 1 is 1.45 bits per heavy atom. The Bertz CT molecular complexity index is 506. The first-order chi connectivity index (χ1) is 9.52. The molecule has 1 aliphatic heterocycles. The third kappa shape index (κ3) is 3.03. The van der Waals surface area contributed by atoms with Crippen molar-refractivity contribution in [2.75, 3.05) is 19.7 Å². The van der Waals surface area contributed by atoms with Gasteiger partial charge in [-0.2, -0.15) is 0 Å². The van der Waals surface area contributed by atoms with Crippen LogP contribution in [0.3, 0.4) is 0 Å². The number of hydrogen-bond donors (Lipinski definition) is 0. The second-order valence-corrected chi connectivity index (χ2v) is 5.17. The first-order valence-electron chi connectivity index (χ1n) is 7.05. The molecule has 1 fully saturated rings. The summed E-state index contributed by atoms with van der Waals surface area (Å²) in [5, 5.41) is 0. The minimum Gasteiger partial charge on any atom is -0.466 e. The van der Waals surface area contributed by atoms with Crippen LogP contribution in [0.2, 0.25) is 0 Å². The molecule has 0 aliphatic carbocycles. The van der Waals surface area contributed by atoms with Gasteiger partial charge >= 0.3 is 5.97 Å². The summed E-state index contributed by atoms with van der Waals surface area (Å²) in [6.45, 7) is 6.89. The molecule has 0 unspecified atom stereocenters. The summed E-state index contributed by atoms with van der Waals surface area (Å²) >= 11 is 0. The molecule has 1 aromatic heterocycles. The fourth-order valence-corrected chi connectivity index (χ4v) is 2.63. The molecular weight excluding hydrogens is 258 g/mol. The number of likely N-dealkylation sites (tertiary alicyclic amines) is 1. The van der Waals surface area contributed by atoms with E-state index in [1.165, 1.54) is 0 Å². The van der Waals surface area contributed by atoms with Gasteiger partial charge in [0.25, 0.3) is 5.91 Å². The number of nitrogens with zero attached hydrogens (tertiary/aromatic N) is 1. The number of carbonyl (C=O) groups is 2. The van der Waals surface area contributed by atoms with Crippen LogP contribution in [0.25, 0.3) is 0 Å². The number of ether oxygens (including phenoxy) is 1. The number of carbonyl (C=O) groups excluding carboxylic acids is 2. The monoisotopic (exact) mass is 279 g/mol. The number of furan rings is 1. The highest BCUT2D eigenvalue weighted by Gasteiger charge is 2.30. The molecule has 5 nitrogen and oxygen atoms in total. The van der Waals surface area contributed by atoms with Gasteiger partial charge in [0.2, 0.25) is 0 Å². The predicted molar refractivity (Wildman–Crippen MR) is 73.4 cm³/mol. The average Bonchev–Trinajstić information content (AvgIpc) is 2.77. The number of esters is 1. The zero-order valence-electron chi connectivity index (χ0n) is 12.3. The van der Waals surface area contributed by atoms with Crippen LogP contribution >= 0.6 is 0 Å². The fraction of sp³-hybridized carbons (Fsp3) is 0.600. The van der Waals surface area contributed by atoms with Gasteiger partial charge in [0, 0.05) is 13.1 Å². The van der Waals surface area contributed by atoms with Crippen LogP contribution in [0, 0.1) is 19.8 Å². The van der Waals surface area contributed by atoms with Crippen molar-refractivity contribution >= 4 is 11.9 Å². The molecule has 1 saturated heterocycles. The molecule has 1 amide bonds. The number of rotatable bonds is 3. The number of hydrogen-bond acceptors (Lipinski definition) is 4. The van der Waals surface area contributed by atoms with Crippen LogP contribution in [-0.4, -0.2) is 36.5 Å². The number of piperidine rings is 1. The maximum Gasteiger partial charge on any atom is 0.310 e. The Morgan fingerprint density at radius 2 is 2.20 bits per heavy atom. The Labute approximate surface area is 118 Å². The lowest BCUT2D eigenvalue weighted by molar-refractivity contribution is -0.149. The third-order valence-electron chi connectivity index (χ3n) is 3.60. The van der Waals surface area contributed by atoms with Gasteiger partial charge in [0.05, 0.1) is 18.1 Å². The molecule has 0 spiro atoms. The maximum atomic E-state index is 12.5. The molecule has 110 valence electrons. The Hall–Kier alpha value is -1.78. The van der Waals surface area contributed by atoms with E-state index in [9.17, 15) is 9.59 Å². The van der Waals surface area contributed by atoms with E-state index in [1.807, 2.05) is 6.92 Å². The number of amides is 1. The summed E-state index contributed by atoms with van der Waals surface area (Å²) in [6.07, 6.45) is 1.61. The first-order valence-corrected chi connectivity index (χ1v) is 7.05. The molecule has 0 bridgehead atoms. The molecule has 1 aliphatic rings. The lowest BCUT2D eigenvalue weighted by Gasteiger charge is -2.31. The van der Waals surface area contributed by atoms with Crippen molar-refractivity contribution in [1.82, 2.24) is 4.90 Å². The van der Waals surface area contributed by atoms with E-state index in [1.54, 1.807) is 24.8 Å². The van der Waals surface area contributed by atoms with Crippen molar-refractivity contribution in [3.8, 4) is 0 Å². The van der Waals surface area contributed by atoms with Crippen molar-refractivity contribution in [3.05, 3.63) is 23.2 Å². The van der Waals surface area contributed by atoms with Crippen LogP contribution in [0.5, 0.6) is 0 Å². The molecule has 0 saturated carbocycles. The standard InChI is InChI=1S/C15H21NO4/c1-4-19-15(18)12-6-5-7-16(9-12)14(17)13-8-10(2)20-11(13)3/h8,12H,4-7,9H2,1-3H3/t12-/m0/s1. The van der Waals surface area contributed by atoms with E-state index in [2.05, 4.69) is 0 Å². The van der Waals surface area contributed by atoms with Crippen molar-refractivity contribution < 1.29 is 18.7 Å². The van der Waals surface area contributed by atoms with Gasteiger partial charge in [-0.25, -0.2) is 0 Å². The van der Waals surface area contributed by atoms with Gasteiger partial charge < -0.3 is 14.1 Å². The second-order valence-electron chi connectivity index (χ2n) is 5.17. The minimum atomic E-state index is -0.207. The largest absolute Gasteiger partial charge is 0.466 e. The zero-order chi connectivity index (χ0) is 14.7. The summed E-state index contributed by atoms with van der Waals surface area (Å²) in [6, 6.07) is 1.76. The molecule has 5 heteroatoms. The predicted octanol–water partition coefficient (Wildman–Crippen LogP) is 2.31. The van der Waals surface area contributed by atoms with Gasteiger partial charge in [0.1, 0.15) is 11.5 Å². The normalized spacial score (nSPS) is 18.9. The van der Waals surface area contributed by atoms with E-state index in [-0.39, 0.29) is 17.8 Å². The SMILES string of the molecule is CCOC(=O)[C@H]1CCCN(C(=O)c2cc(C)oc2C)C1. The molecule has 1 aromatic rings. The molecular formula is C15H21NO4. The smallest absolute Gasteiger partial charge is 0.310 e. The Kier molecular flexibility index (Phi) is 4.47. The summed E-state index contributed by atoms with van der Waals surface area (Å²) in [7, 11) is 0. The lowest BCUT2D eigenvalue weighted by atomic mass is 9.97. The van der Waals surface area contributed by atoms with Crippen LogP contribution in [0.4, 0.5) is 0 Å². The van der Waals surface area contributed by atoms with Crippen molar-refractivity contribution in [1.29, 1.82) is 0 Å². The second kappa shape index (κ2) is 6.11. The van der Waals surface area contributed by atoms with Gasteiger partial charge in [-0.3, -0.25) is 9.59 Å². The minimum absolute atomic E-state index is 0.0617. The van der Waals surface area contributed by atoms with Crippen LogP contribution in [-0.2, 0) is 9.53 Å². The van der Waals surface area contributed by atoms with E-state index in [4.69, 9.17) is 9.15 Å². The van der Waals surface area contributed by atoms with Gasteiger partial charge in [-0.15, -0.1) is 0 Å². The van der Waals surface area contributed by atoms with Crippen molar-refractivity contribution in [3.63, 3.8) is 0 Å². The highest BCUT2D eigenvalue weighted by molar-refractivity contribution is 5.95. The molecule has 1 atom stereocenters. The van der Waals surface area contributed by atoms with Crippen LogP contribution in [0.15, 0.2) is 10.5 Å². The summed E-state index contributed by atoms with van der Waals surface area (Å²) < 4.78 is 10.4. The zero-order valence-corrected chi connectivity index (χ0v) is 12.3. The number of aryl methyl sites for hydroxylation is 2. The summed E-state index contributed by atoms with van der Waals surface area (Å²) in [5.41, 5.74) is 0.590. The summed E-state index contributed by atoms with van der Waals surface area (Å²) in [4.78, 5) is 26.0. The van der Waals surface area contributed by atoms with Crippen LogP contribution < -0.4 is 0 Å². The highest BCUT2D eigenvalue weighted by Crippen LogP contribution is 2.22. The third-order valence-corrected chi connectivity index (χ3v) is 3.60. The van der Waals surface area contributed by atoms with Crippen LogP contribution in [0.1, 0.15) is 41.6 Å². The van der Waals surface area contributed by atoms with E-state index < -0.39 is 0 Å². The summed E-state index contributed by atoms with van der Waals surface area (Å²) in [5.74, 6) is 0.884. The maximum absolute atomic E-state index is 12.5. The Morgan fingerprint density at radius 3 is 2.80 bits per heavy atom. The van der Waals surface area contributed by atoms with Gasteiger partial charge in [-0.1, -0.05) is 0 Å². The van der Waals surface area contributed by atoms with Crippen molar-refractivity contribution in [2.45, 2.75) is 33.6 Å². The highest BCUT2D eigenvalue weighted by atomic mass is 16.5. The molecule has 0 radical (unpaired) electrons. The quantitative estimate of drug-likeness (QED) is 0.797. The van der Waals surface area contributed by atoms with E-state index in [0.29, 0.717) is 31.0 Å². The van der Waals surface area contributed by atoms with E-state index in [0.717, 1.165) is 18.6 Å².